The number of carboxylic acids is 2. The van der Waals surface area contributed by atoms with Gasteiger partial charge in [-0.15, -0.1) is 0 Å². The van der Waals surface area contributed by atoms with Crippen molar-refractivity contribution in [3.8, 4) is 0 Å². The fourth-order valence-corrected chi connectivity index (χ4v) is 2.33. The molecule has 2 aromatic rings. The van der Waals surface area contributed by atoms with Crippen LogP contribution >= 0.6 is 0 Å². The van der Waals surface area contributed by atoms with Crippen LogP contribution in [-0.2, 0) is 0 Å². The number of hydrogen-bond acceptors (Lipinski definition) is 6. The summed E-state index contributed by atoms with van der Waals surface area (Å²) in [5, 5.41) is 26.6. The van der Waals surface area contributed by atoms with Crippen LogP contribution in [0.15, 0.2) is 58.7 Å². The molecule has 4 N–H and O–H groups in total. The van der Waals surface area contributed by atoms with Crippen LogP contribution in [0.2, 0.25) is 0 Å². The van der Waals surface area contributed by atoms with Crippen LogP contribution in [0, 0.1) is 0 Å². The molecule has 0 atom stereocenters. The van der Waals surface area contributed by atoms with Crippen molar-refractivity contribution in [2.24, 2.45) is 10.2 Å². The van der Waals surface area contributed by atoms with Crippen molar-refractivity contribution in [1.82, 2.24) is 0 Å². The standard InChI is InChI=1S/C20H22N4O4/c1-3-17(23-21-15-9-5-13(6-10-15)19(25)26)18(4-2)24-22-16-11-7-14(8-12-16)20(27)28/h5-12,21-22H,3-4H2,1-2H3,(H,25,26)(H,27,28). The molecule has 28 heavy (non-hydrogen) atoms. The Morgan fingerprint density at radius 1 is 0.714 bits per heavy atom. The number of nitrogens with zero attached hydrogens (tertiary/aromatic N) is 2. The molecule has 2 rings (SSSR count). The first-order chi connectivity index (χ1) is 13.4. The summed E-state index contributed by atoms with van der Waals surface area (Å²) in [5.41, 5.74) is 9.09. The number of carbonyl (C=O) groups is 2. The zero-order chi connectivity index (χ0) is 20.5. The molecule has 0 aliphatic carbocycles. The number of aromatic carboxylic acids is 2. The van der Waals surface area contributed by atoms with E-state index < -0.39 is 11.9 Å². The quantitative estimate of drug-likeness (QED) is 0.382. The smallest absolute Gasteiger partial charge is 0.335 e. The van der Waals surface area contributed by atoms with Crippen LogP contribution in [0.25, 0.3) is 0 Å². The Hall–Kier alpha value is -3.68. The highest BCUT2D eigenvalue weighted by Gasteiger charge is 2.07. The van der Waals surface area contributed by atoms with Gasteiger partial charge in [0.15, 0.2) is 0 Å². The highest BCUT2D eigenvalue weighted by molar-refractivity contribution is 6.42. The van der Waals surface area contributed by atoms with Crippen molar-refractivity contribution in [2.45, 2.75) is 26.7 Å². The Bertz CT molecular complexity index is 812. The second-order valence-corrected chi connectivity index (χ2v) is 5.81. The summed E-state index contributed by atoms with van der Waals surface area (Å²) in [5.74, 6) is -1.96. The maximum atomic E-state index is 10.9. The van der Waals surface area contributed by atoms with Gasteiger partial charge in [0.2, 0.25) is 0 Å². The van der Waals surface area contributed by atoms with Crippen LogP contribution in [0.5, 0.6) is 0 Å². The molecule has 0 saturated carbocycles. The predicted molar refractivity (Wildman–Crippen MR) is 110 cm³/mol. The molecule has 0 spiro atoms. The first-order valence-electron chi connectivity index (χ1n) is 8.76. The largest absolute Gasteiger partial charge is 0.478 e. The van der Waals surface area contributed by atoms with E-state index in [0.717, 1.165) is 11.4 Å². The Morgan fingerprint density at radius 2 is 1.04 bits per heavy atom. The number of carboxylic acid groups (broad SMARTS) is 2. The third-order valence-electron chi connectivity index (χ3n) is 3.91. The van der Waals surface area contributed by atoms with E-state index in [1.165, 1.54) is 24.3 Å². The summed E-state index contributed by atoms with van der Waals surface area (Å²) in [7, 11) is 0. The summed E-state index contributed by atoms with van der Waals surface area (Å²) >= 11 is 0. The van der Waals surface area contributed by atoms with E-state index in [0.29, 0.717) is 24.2 Å². The minimum atomic E-state index is -0.979. The zero-order valence-electron chi connectivity index (χ0n) is 15.6. The normalized spacial score (nSPS) is 11.8. The second-order valence-electron chi connectivity index (χ2n) is 5.81. The monoisotopic (exact) mass is 382 g/mol. The van der Waals surface area contributed by atoms with Gasteiger partial charge in [-0.05, 0) is 61.4 Å². The molecule has 0 amide bonds. The fraction of sp³-hybridized carbons (Fsp3) is 0.200. The van der Waals surface area contributed by atoms with Gasteiger partial charge in [-0.2, -0.15) is 10.2 Å². The van der Waals surface area contributed by atoms with Crippen LogP contribution in [-0.4, -0.2) is 33.6 Å². The predicted octanol–water partition coefficient (Wildman–Crippen LogP) is 4.14. The van der Waals surface area contributed by atoms with E-state index in [4.69, 9.17) is 10.2 Å². The molecule has 0 aliphatic heterocycles. The zero-order valence-corrected chi connectivity index (χ0v) is 15.6. The Labute approximate surface area is 162 Å². The maximum Gasteiger partial charge on any atom is 0.335 e. The van der Waals surface area contributed by atoms with Crippen molar-refractivity contribution in [2.75, 3.05) is 10.9 Å². The third-order valence-corrected chi connectivity index (χ3v) is 3.91. The number of benzene rings is 2. The third kappa shape index (κ3) is 5.66. The molecule has 8 heteroatoms. The number of nitrogens with one attached hydrogen (secondary N) is 2. The van der Waals surface area contributed by atoms with Gasteiger partial charge < -0.3 is 10.2 Å². The highest BCUT2D eigenvalue weighted by atomic mass is 16.4. The van der Waals surface area contributed by atoms with Gasteiger partial charge in [-0.25, -0.2) is 9.59 Å². The summed E-state index contributed by atoms with van der Waals surface area (Å²) in [6.07, 6.45) is 1.29. The number of hydrogen-bond donors (Lipinski definition) is 4. The summed E-state index contributed by atoms with van der Waals surface area (Å²) in [6, 6.07) is 12.6. The second kappa shape index (κ2) is 9.86. The van der Waals surface area contributed by atoms with Crippen molar-refractivity contribution < 1.29 is 19.8 Å². The molecule has 146 valence electrons. The Morgan fingerprint density at radius 3 is 1.29 bits per heavy atom. The van der Waals surface area contributed by atoms with Gasteiger partial charge in [0.25, 0.3) is 0 Å². The van der Waals surface area contributed by atoms with Crippen LogP contribution in [0.1, 0.15) is 47.4 Å². The lowest BCUT2D eigenvalue weighted by molar-refractivity contribution is 0.0686. The van der Waals surface area contributed by atoms with Crippen LogP contribution in [0.4, 0.5) is 11.4 Å². The van der Waals surface area contributed by atoms with Gasteiger partial charge in [0, 0.05) is 0 Å². The molecule has 0 aromatic heterocycles. The first-order valence-corrected chi connectivity index (χ1v) is 8.76. The lowest BCUT2D eigenvalue weighted by Crippen LogP contribution is -2.16. The van der Waals surface area contributed by atoms with Crippen molar-refractivity contribution in [3.63, 3.8) is 0 Å². The molecule has 0 saturated heterocycles. The van der Waals surface area contributed by atoms with Gasteiger partial charge in [0.1, 0.15) is 0 Å². The highest BCUT2D eigenvalue weighted by Crippen LogP contribution is 2.12. The molecule has 8 nitrogen and oxygen atoms in total. The van der Waals surface area contributed by atoms with E-state index in [1.54, 1.807) is 24.3 Å². The van der Waals surface area contributed by atoms with Crippen LogP contribution in [0.3, 0.4) is 0 Å². The molecule has 0 aliphatic rings. The average Bonchev–Trinajstić information content (AvgIpc) is 2.71. The summed E-state index contributed by atoms with van der Waals surface area (Å²) in [4.78, 5) is 21.8. The molecule has 2 aromatic carbocycles. The maximum absolute atomic E-state index is 10.9. The molecule has 0 bridgehead atoms. The lowest BCUT2D eigenvalue weighted by atomic mass is 10.1. The van der Waals surface area contributed by atoms with E-state index >= 15 is 0 Å². The SMILES string of the molecule is CCC(=NNc1ccc(C(=O)O)cc1)C(CC)=NNc1ccc(C(=O)O)cc1. The molecule has 0 radical (unpaired) electrons. The lowest BCUT2D eigenvalue weighted by Gasteiger charge is -2.09. The minimum Gasteiger partial charge on any atom is -0.478 e. The molecule has 0 fully saturated rings. The number of hydrazone groups is 2. The van der Waals surface area contributed by atoms with Crippen molar-refractivity contribution in [1.29, 1.82) is 0 Å². The van der Waals surface area contributed by atoms with Crippen LogP contribution < -0.4 is 10.9 Å². The number of anilines is 2. The van der Waals surface area contributed by atoms with Crippen molar-refractivity contribution in [3.05, 3.63) is 59.7 Å². The van der Waals surface area contributed by atoms with E-state index in [-0.39, 0.29) is 11.1 Å². The van der Waals surface area contributed by atoms with Gasteiger partial charge in [0.05, 0.1) is 33.9 Å². The summed E-state index contributed by atoms with van der Waals surface area (Å²) < 4.78 is 0. The Kier molecular flexibility index (Phi) is 7.27. The van der Waals surface area contributed by atoms with E-state index in [1.807, 2.05) is 13.8 Å². The summed E-state index contributed by atoms with van der Waals surface area (Å²) in [6.45, 7) is 3.92. The van der Waals surface area contributed by atoms with Gasteiger partial charge >= 0.3 is 11.9 Å². The average molecular weight is 382 g/mol. The number of rotatable bonds is 9. The molecular weight excluding hydrogens is 360 g/mol. The first kappa shape index (κ1) is 20.6. The van der Waals surface area contributed by atoms with E-state index in [2.05, 4.69) is 21.1 Å². The van der Waals surface area contributed by atoms with Crippen molar-refractivity contribution >= 4 is 34.7 Å². The molecule has 0 unspecified atom stereocenters. The topological polar surface area (TPSA) is 123 Å². The van der Waals surface area contributed by atoms with Gasteiger partial charge in [-0.1, -0.05) is 13.8 Å². The van der Waals surface area contributed by atoms with E-state index in [9.17, 15) is 9.59 Å². The van der Waals surface area contributed by atoms with Gasteiger partial charge in [-0.3, -0.25) is 10.9 Å². The fourth-order valence-electron chi connectivity index (χ4n) is 2.33. The molecular formula is C20H22N4O4. The Balaban J connectivity index is 2.10. The minimum absolute atomic E-state index is 0.208. The molecule has 0 heterocycles.